The number of rotatable bonds is 6. The maximum Gasteiger partial charge on any atom is 0.234 e. The second-order valence-electron chi connectivity index (χ2n) is 4.57. The first-order valence-electron chi connectivity index (χ1n) is 5.05. The predicted octanol–water partition coefficient (Wildman–Crippen LogP) is -0.388. The Kier molecular flexibility index (Phi) is 5.28. The summed E-state index contributed by atoms with van der Waals surface area (Å²) in [6, 6.07) is 0.128. The Labute approximate surface area is 90.8 Å². The van der Waals surface area contributed by atoms with E-state index in [1.165, 1.54) is 0 Å². The van der Waals surface area contributed by atoms with Crippen molar-refractivity contribution in [1.82, 2.24) is 10.6 Å². The van der Waals surface area contributed by atoms with Crippen LogP contribution in [-0.2, 0) is 9.59 Å². The number of primary amides is 1. The highest BCUT2D eigenvalue weighted by Gasteiger charge is 2.24. The summed E-state index contributed by atoms with van der Waals surface area (Å²) in [5, 5.41) is 5.64. The maximum absolute atomic E-state index is 11.2. The minimum atomic E-state index is -0.627. The van der Waals surface area contributed by atoms with Crippen molar-refractivity contribution in [3.63, 3.8) is 0 Å². The minimum Gasteiger partial charge on any atom is -0.369 e. The maximum atomic E-state index is 11.2. The van der Waals surface area contributed by atoms with Gasteiger partial charge in [-0.1, -0.05) is 0 Å². The van der Waals surface area contributed by atoms with E-state index in [1.54, 1.807) is 13.8 Å². The summed E-state index contributed by atoms with van der Waals surface area (Å²) in [7, 11) is 0. The van der Waals surface area contributed by atoms with Gasteiger partial charge in [-0.2, -0.15) is 0 Å². The molecule has 15 heavy (non-hydrogen) atoms. The van der Waals surface area contributed by atoms with Gasteiger partial charge in [0.05, 0.1) is 12.0 Å². The Morgan fingerprint density at radius 1 is 1.33 bits per heavy atom. The van der Waals surface area contributed by atoms with Crippen LogP contribution in [0.15, 0.2) is 0 Å². The van der Waals surface area contributed by atoms with Crippen molar-refractivity contribution in [2.45, 2.75) is 33.7 Å². The molecule has 2 amide bonds. The fourth-order valence-electron chi connectivity index (χ4n) is 0.949. The van der Waals surface area contributed by atoms with Crippen LogP contribution in [0.5, 0.6) is 0 Å². The molecule has 4 N–H and O–H groups in total. The van der Waals surface area contributed by atoms with Crippen molar-refractivity contribution in [2.75, 3.05) is 13.1 Å². The topological polar surface area (TPSA) is 84.2 Å². The number of hydrogen-bond acceptors (Lipinski definition) is 3. The fraction of sp³-hybridized carbons (Fsp3) is 0.800. The lowest BCUT2D eigenvalue weighted by Gasteiger charge is -2.20. The van der Waals surface area contributed by atoms with Crippen LogP contribution in [0.2, 0.25) is 0 Å². The number of carbonyl (C=O) groups excluding carboxylic acids is 2. The smallest absolute Gasteiger partial charge is 0.234 e. The zero-order valence-electron chi connectivity index (χ0n) is 9.89. The molecule has 0 saturated heterocycles. The van der Waals surface area contributed by atoms with Crippen LogP contribution in [0.3, 0.4) is 0 Å². The van der Waals surface area contributed by atoms with Gasteiger partial charge < -0.3 is 16.4 Å². The molecule has 5 heteroatoms. The third-order valence-electron chi connectivity index (χ3n) is 1.97. The summed E-state index contributed by atoms with van der Waals surface area (Å²) >= 11 is 0. The Hall–Kier alpha value is -1.10. The minimum absolute atomic E-state index is 0.0785. The molecule has 0 spiro atoms. The lowest BCUT2D eigenvalue weighted by Crippen LogP contribution is -2.44. The van der Waals surface area contributed by atoms with Gasteiger partial charge >= 0.3 is 0 Å². The summed E-state index contributed by atoms with van der Waals surface area (Å²) in [6.45, 7) is 7.87. The Balaban J connectivity index is 3.80. The average Bonchev–Trinajstić information content (AvgIpc) is 2.01. The van der Waals surface area contributed by atoms with Crippen molar-refractivity contribution in [1.29, 1.82) is 0 Å². The van der Waals surface area contributed by atoms with E-state index in [4.69, 9.17) is 5.73 Å². The average molecular weight is 215 g/mol. The Morgan fingerprint density at radius 3 is 2.27 bits per heavy atom. The third kappa shape index (κ3) is 6.06. The number of nitrogens with one attached hydrogen (secondary N) is 2. The molecular weight excluding hydrogens is 194 g/mol. The molecule has 0 aromatic rings. The first kappa shape index (κ1) is 13.9. The van der Waals surface area contributed by atoms with E-state index in [9.17, 15) is 9.59 Å². The molecule has 5 nitrogen and oxygen atoms in total. The molecule has 0 aliphatic heterocycles. The summed E-state index contributed by atoms with van der Waals surface area (Å²) < 4.78 is 0. The monoisotopic (exact) mass is 215 g/mol. The van der Waals surface area contributed by atoms with Crippen molar-refractivity contribution in [3.05, 3.63) is 0 Å². The number of amides is 2. The van der Waals surface area contributed by atoms with Crippen LogP contribution in [0.1, 0.15) is 27.7 Å². The molecule has 88 valence electrons. The van der Waals surface area contributed by atoms with E-state index in [-0.39, 0.29) is 24.4 Å². The molecule has 0 aromatic heterocycles. The number of carbonyl (C=O) groups is 2. The van der Waals surface area contributed by atoms with Crippen LogP contribution in [-0.4, -0.2) is 30.9 Å². The SMILES string of the molecule is CC(C)NC(=O)CNCC(C)(C)C(N)=O. The summed E-state index contributed by atoms with van der Waals surface area (Å²) in [5.41, 5.74) is 4.56. The lowest BCUT2D eigenvalue weighted by molar-refractivity contribution is -0.126. The van der Waals surface area contributed by atoms with Crippen LogP contribution >= 0.6 is 0 Å². The summed E-state index contributed by atoms with van der Waals surface area (Å²) in [6.07, 6.45) is 0. The second kappa shape index (κ2) is 5.70. The molecule has 0 atom stereocenters. The molecule has 0 heterocycles. The van der Waals surface area contributed by atoms with Gasteiger partial charge in [0.15, 0.2) is 0 Å². The zero-order chi connectivity index (χ0) is 12.1. The fourth-order valence-corrected chi connectivity index (χ4v) is 0.949. The van der Waals surface area contributed by atoms with E-state index >= 15 is 0 Å². The van der Waals surface area contributed by atoms with Crippen LogP contribution < -0.4 is 16.4 Å². The summed E-state index contributed by atoms with van der Waals surface area (Å²) in [4.78, 5) is 22.2. The van der Waals surface area contributed by atoms with Gasteiger partial charge in [0.1, 0.15) is 0 Å². The normalized spacial score (nSPS) is 11.5. The second-order valence-corrected chi connectivity index (χ2v) is 4.57. The first-order valence-corrected chi connectivity index (χ1v) is 5.05. The van der Waals surface area contributed by atoms with Gasteiger partial charge in [-0.3, -0.25) is 9.59 Å². The highest BCUT2D eigenvalue weighted by atomic mass is 16.2. The van der Waals surface area contributed by atoms with Crippen LogP contribution in [0, 0.1) is 5.41 Å². The quantitative estimate of drug-likeness (QED) is 0.564. The van der Waals surface area contributed by atoms with Crippen molar-refractivity contribution in [2.24, 2.45) is 11.1 Å². The van der Waals surface area contributed by atoms with E-state index < -0.39 is 5.41 Å². The van der Waals surface area contributed by atoms with Gasteiger partial charge in [-0.15, -0.1) is 0 Å². The lowest BCUT2D eigenvalue weighted by atomic mass is 9.93. The van der Waals surface area contributed by atoms with E-state index in [0.29, 0.717) is 6.54 Å². The van der Waals surface area contributed by atoms with E-state index in [2.05, 4.69) is 10.6 Å². The predicted molar refractivity (Wildman–Crippen MR) is 59.1 cm³/mol. The number of hydrogen-bond donors (Lipinski definition) is 3. The zero-order valence-corrected chi connectivity index (χ0v) is 9.89. The molecule has 0 aliphatic carbocycles. The third-order valence-corrected chi connectivity index (χ3v) is 1.97. The molecule has 0 rings (SSSR count). The largest absolute Gasteiger partial charge is 0.369 e. The van der Waals surface area contributed by atoms with Gasteiger partial charge in [-0.05, 0) is 27.7 Å². The highest BCUT2D eigenvalue weighted by molar-refractivity contribution is 5.80. The molecule has 0 radical (unpaired) electrons. The van der Waals surface area contributed by atoms with Crippen molar-refractivity contribution in [3.8, 4) is 0 Å². The molecule has 0 unspecified atom stereocenters. The van der Waals surface area contributed by atoms with Gasteiger partial charge in [0.25, 0.3) is 0 Å². The van der Waals surface area contributed by atoms with E-state index in [0.717, 1.165) is 0 Å². The van der Waals surface area contributed by atoms with Crippen LogP contribution in [0.4, 0.5) is 0 Å². The number of nitrogens with two attached hydrogens (primary N) is 1. The molecule has 0 bridgehead atoms. The van der Waals surface area contributed by atoms with Gasteiger partial charge in [0, 0.05) is 12.6 Å². The molecular formula is C10H21N3O2. The van der Waals surface area contributed by atoms with Gasteiger partial charge in [0.2, 0.25) is 11.8 Å². The first-order chi connectivity index (χ1) is 6.75. The molecule has 0 fully saturated rings. The summed E-state index contributed by atoms with van der Waals surface area (Å²) in [5.74, 6) is -0.454. The van der Waals surface area contributed by atoms with E-state index in [1.807, 2.05) is 13.8 Å². The molecule has 0 aromatic carbocycles. The Bertz CT molecular complexity index is 237. The van der Waals surface area contributed by atoms with Crippen molar-refractivity contribution >= 4 is 11.8 Å². The highest BCUT2D eigenvalue weighted by Crippen LogP contribution is 2.11. The van der Waals surface area contributed by atoms with Gasteiger partial charge in [-0.25, -0.2) is 0 Å². The van der Waals surface area contributed by atoms with Crippen molar-refractivity contribution < 1.29 is 9.59 Å². The molecule has 0 aliphatic rings. The van der Waals surface area contributed by atoms with Crippen LogP contribution in [0.25, 0.3) is 0 Å². The Morgan fingerprint density at radius 2 is 1.87 bits per heavy atom. The standard InChI is InChI=1S/C10H21N3O2/c1-7(2)13-8(14)5-12-6-10(3,4)9(11)15/h7,12H,5-6H2,1-4H3,(H2,11,15)(H,13,14). The molecule has 0 saturated carbocycles.